The van der Waals surface area contributed by atoms with Crippen LogP contribution in [0.2, 0.25) is 5.02 Å². The third kappa shape index (κ3) is 3.24. The van der Waals surface area contributed by atoms with E-state index >= 15 is 0 Å². The molecule has 1 aromatic carbocycles. The average molecular weight is 331 g/mol. The molecule has 0 spiro atoms. The summed E-state index contributed by atoms with van der Waals surface area (Å²) in [7, 11) is 0. The number of nitrogens with one attached hydrogen (secondary N) is 3. The molecule has 23 heavy (non-hydrogen) atoms. The molecule has 7 nitrogen and oxygen atoms in total. The highest BCUT2D eigenvalue weighted by Crippen LogP contribution is 2.22. The lowest BCUT2D eigenvalue weighted by Gasteiger charge is -2.06. The van der Waals surface area contributed by atoms with Crippen molar-refractivity contribution < 1.29 is 14.0 Å². The number of hydrogen-bond donors (Lipinski definition) is 3. The van der Waals surface area contributed by atoms with Crippen molar-refractivity contribution in [1.82, 2.24) is 21.0 Å². The molecular weight excluding hydrogens is 320 g/mol. The maximum absolute atomic E-state index is 12.2. The highest BCUT2D eigenvalue weighted by atomic mass is 35.5. The Hall–Kier alpha value is -3.06. The summed E-state index contributed by atoms with van der Waals surface area (Å²) in [6.45, 7) is 0. The van der Waals surface area contributed by atoms with Gasteiger partial charge < -0.3 is 4.42 Å². The largest absolute Gasteiger partial charge is 0.459 e. The number of halogens is 1. The normalized spacial score (nSPS) is 10.3. The molecule has 3 N–H and O–H groups in total. The van der Waals surface area contributed by atoms with Crippen molar-refractivity contribution in [3.63, 3.8) is 0 Å². The standard InChI is InChI=1S/C15H11ClN4O3/c16-10-5-3-9(4-6-10)13-11(8-17-18-13)14(21)19-20-15(22)12-2-1-7-23-12/h1-8H,(H,17,18)(H,19,21)(H,20,22). The summed E-state index contributed by atoms with van der Waals surface area (Å²) >= 11 is 5.85. The Morgan fingerprint density at radius 1 is 1.09 bits per heavy atom. The molecule has 3 aromatic rings. The van der Waals surface area contributed by atoms with Crippen molar-refractivity contribution in [2.45, 2.75) is 0 Å². The molecule has 0 fully saturated rings. The Morgan fingerprint density at radius 3 is 2.52 bits per heavy atom. The van der Waals surface area contributed by atoms with Crippen molar-refractivity contribution in [2.24, 2.45) is 0 Å². The van der Waals surface area contributed by atoms with Crippen LogP contribution in [0.25, 0.3) is 11.3 Å². The first-order chi connectivity index (χ1) is 11.1. The minimum atomic E-state index is -0.556. The topological polar surface area (TPSA) is 100 Å². The van der Waals surface area contributed by atoms with Crippen LogP contribution in [-0.4, -0.2) is 22.0 Å². The molecular formula is C15H11ClN4O3. The fraction of sp³-hybridized carbons (Fsp3) is 0. The number of aromatic nitrogens is 2. The first-order valence-corrected chi connectivity index (χ1v) is 6.96. The molecule has 0 unspecified atom stereocenters. The van der Waals surface area contributed by atoms with E-state index < -0.39 is 11.8 Å². The van der Waals surface area contributed by atoms with Gasteiger partial charge in [0.2, 0.25) is 0 Å². The quantitative estimate of drug-likeness (QED) is 0.642. The van der Waals surface area contributed by atoms with Crippen molar-refractivity contribution in [3.05, 3.63) is 65.2 Å². The van der Waals surface area contributed by atoms with E-state index in [1.54, 1.807) is 30.3 Å². The minimum absolute atomic E-state index is 0.0930. The summed E-state index contributed by atoms with van der Waals surface area (Å²) in [4.78, 5) is 23.9. The number of furan rings is 1. The molecule has 0 atom stereocenters. The highest BCUT2D eigenvalue weighted by molar-refractivity contribution is 6.30. The zero-order valence-electron chi connectivity index (χ0n) is 11.7. The number of hydrazine groups is 1. The molecule has 0 bridgehead atoms. The number of hydrogen-bond acceptors (Lipinski definition) is 4. The first kappa shape index (κ1) is 14.9. The van der Waals surface area contributed by atoms with E-state index in [1.165, 1.54) is 18.5 Å². The van der Waals surface area contributed by atoms with Gasteiger partial charge in [0.15, 0.2) is 5.76 Å². The molecule has 0 saturated heterocycles. The number of carbonyl (C=O) groups excluding carboxylic acids is 2. The molecule has 116 valence electrons. The zero-order chi connectivity index (χ0) is 16.2. The maximum Gasteiger partial charge on any atom is 0.305 e. The summed E-state index contributed by atoms with van der Waals surface area (Å²) in [6, 6.07) is 9.99. The second kappa shape index (κ2) is 6.37. The molecule has 0 saturated carbocycles. The summed E-state index contributed by atoms with van der Waals surface area (Å²) in [5.41, 5.74) is 6.12. The Bertz CT molecular complexity index is 825. The smallest absolute Gasteiger partial charge is 0.305 e. The lowest BCUT2D eigenvalue weighted by atomic mass is 10.1. The van der Waals surface area contributed by atoms with Crippen LogP contribution in [0.5, 0.6) is 0 Å². The summed E-state index contributed by atoms with van der Waals surface area (Å²) < 4.78 is 4.93. The first-order valence-electron chi connectivity index (χ1n) is 6.58. The number of carbonyl (C=O) groups is 2. The van der Waals surface area contributed by atoms with Gasteiger partial charge in [-0.15, -0.1) is 0 Å². The third-order valence-corrected chi connectivity index (χ3v) is 3.30. The van der Waals surface area contributed by atoms with Gasteiger partial charge in [0.1, 0.15) is 0 Å². The van der Waals surface area contributed by atoms with Crippen molar-refractivity contribution in [3.8, 4) is 11.3 Å². The monoisotopic (exact) mass is 330 g/mol. The van der Waals surface area contributed by atoms with Crippen LogP contribution in [0.3, 0.4) is 0 Å². The fourth-order valence-corrected chi connectivity index (χ4v) is 2.07. The van der Waals surface area contributed by atoms with E-state index in [0.717, 1.165) is 5.56 Å². The number of nitrogens with zero attached hydrogens (tertiary/aromatic N) is 1. The molecule has 0 aliphatic heterocycles. The van der Waals surface area contributed by atoms with Crippen LogP contribution < -0.4 is 10.9 Å². The van der Waals surface area contributed by atoms with Crippen molar-refractivity contribution in [1.29, 1.82) is 0 Å². The van der Waals surface area contributed by atoms with Gasteiger partial charge in [-0.25, -0.2) is 0 Å². The van der Waals surface area contributed by atoms with E-state index in [0.29, 0.717) is 10.7 Å². The summed E-state index contributed by atoms with van der Waals surface area (Å²) in [5.74, 6) is -0.973. The molecule has 0 aliphatic rings. The van der Waals surface area contributed by atoms with Gasteiger partial charge in [-0.1, -0.05) is 23.7 Å². The van der Waals surface area contributed by atoms with E-state index in [2.05, 4.69) is 21.0 Å². The predicted molar refractivity (Wildman–Crippen MR) is 82.7 cm³/mol. The Balaban J connectivity index is 1.72. The minimum Gasteiger partial charge on any atom is -0.459 e. The summed E-state index contributed by atoms with van der Waals surface area (Å²) in [6.07, 6.45) is 2.74. The SMILES string of the molecule is O=C(NNC(=O)c1cn[nH]c1-c1ccc(Cl)cc1)c1ccco1. The van der Waals surface area contributed by atoms with E-state index in [9.17, 15) is 9.59 Å². The van der Waals surface area contributed by atoms with Crippen LogP contribution in [0.4, 0.5) is 0 Å². The predicted octanol–water partition coefficient (Wildman–Crippen LogP) is 2.40. The second-order valence-electron chi connectivity index (χ2n) is 4.55. The van der Waals surface area contributed by atoms with Gasteiger partial charge in [-0.05, 0) is 24.3 Å². The average Bonchev–Trinajstić information content (AvgIpc) is 3.24. The van der Waals surface area contributed by atoms with Crippen molar-refractivity contribution >= 4 is 23.4 Å². The number of benzene rings is 1. The molecule has 2 heterocycles. The molecule has 8 heteroatoms. The molecule has 2 amide bonds. The van der Waals surface area contributed by atoms with Crippen LogP contribution >= 0.6 is 11.6 Å². The van der Waals surface area contributed by atoms with Crippen LogP contribution in [0.1, 0.15) is 20.9 Å². The second-order valence-corrected chi connectivity index (χ2v) is 4.99. The van der Waals surface area contributed by atoms with Gasteiger partial charge in [-0.2, -0.15) is 5.10 Å². The highest BCUT2D eigenvalue weighted by Gasteiger charge is 2.16. The Kier molecular flexibility index (Phi) is 4.11. The molecule has 3 rings (SSSR count). The molecule has 0 radical (unpaired) electrons. The maximum atomic E-state index is 12.2. The number of amides is 2. The van der Waals surface area contributed by atoms with Crippen LogP contribution in [-0.2, 0) is 0 Å². The van der Waals surface area contributed by atoms with E-state index in [-0.39, 0.29) is 11.3 Å². The third-order valence-electron chi connectivity index (χ3n) is 3.05. The number of rotatable bonds is 3. The Morgan fingerprint density at radius 2 is 1.83 bits per heavy atom. The number of H-pyrrole nitrogens is 1. The van der Waals surface area contributed by atoms with Gasteiger partial charge in [0.05, 0.1) is 23.7 Å². The fourth-order valence-electron chi connectivity index (χ4n) is 1.95. The molecule has 2 aromatic heterocycles. The van der Waals surface area contributed by atoms with E-state index in [4.69, 9.17) is 16.0 Å². The van der Waals surface area contributed by atoms with Gasteiger partial charge in [-0.3, -0.25) is 25.5 Å². The van der Waals surface area contributed by atoms with Gasteiger partial charge in [0, 0.05) is 10.6 Å². The zero-order valence-corrected chi connectivity index (χ0v) is 12.4. The molecule has 0 aliphatic carbocycles. The van der Waals surface area contributed by atoms with Crippen molar-refractivity contribution in [2.75, 3.05) is 0 Å². The van der Waals surface area contributed by atoms with Gasteiger partial charge in [0.25, 0.3) is 5.91 Å². The van der Waals surface area contributed by atoms with Crippen LogP contribution in [0, 0.1) is 0 Å². The van der Waals surface area contributed by atoms with Gasteiger partial charge >= 0.3 is 5.91 Å². The number of aromatic amines is 1. The lowest BCUT2D eigenvalue weighted by molar-refractivity contribution is 0.0831. The Labute approximate surface area is 135 Å². The summed E-state index contributed by atoms with van der Waals surface area (Å²) in [5, 5.41) is 7.21. The lowest BCUT2D eigenvalue weighted by Crippen LogP contribution is -2.41. The van der Waals surface area contributed by atoms with Crippen LogP contribution in [0.15, 0.2) is 53.3 Å². The van der Waals surface area contributed by atoms with E-state index in [1.807, 2.05) is 0 Å².